The first kappa shape index (κ1) is 14.5. The van der Waals surface area contributed by atoms with Gasteiger partial charge in [0.15, 0.2) is 5.81 Å². The third-order valence-electron chi connectivity index (χ3n) is 3.41. The second-order valence-corrected chi connectivity index (χ2v) is 5.08. The van der Waals surface area contributed by atoms with Gasteiger partial charge in [0, 0.05) is 6.42 Å². The Hall–Kier alpha value is -0.545. The molecule has 1 rings (SSSR count). The molecule has 4 nitrogen and oxygen atoms in total. The molecule has 2 radical (unpaired) electrons. The first-order chi connectivity index (χ1) is 7.83. The van der Waals surface area contributed by atoms with E-state index in [0.717, 1.165) is 6.42 Å². The standard InChI is InChI=1S/C12H22BNO3/c1-5-8(15)7-10-9(6-2)14(11(13)16)12(3,4)17-10/h8-10,15H,5-7H2,1-4H3/t8?,9-,10+/m0/s1. The predicted octanol–water partition coefficient (Wildman–Crippen LogP) is 1.65. The molecular weight excluding hydrogens is 217 g/mol. The minimum Gasteiger partial charge on any atom is -0.393 e. The number of carbonyl (C=O) groups is 1. The average molecular weight is 239 g/mol. The summed E-state index contributed by atoms with van der Waals surface area (Å²) in [6.45, 7) is 7.59. The zero-order valence-corrected chi connectivity index (χ0v) is 11.1. The summed E-state index contributed by atoms with van der Waals surface area (Å²) in [4.78, 5) is 13.1. The fraction of sp³-hybridized carbons (Fsp3) is 0.917. The van der Waals surface area contributed by atoms with Crippen LogP contribution in [0.15, 0.2) is 0 Å². The van der Waals surface area contributed by atoms with Crippen LogP contribution in [0.4, 0.5) is 4.79 Å². The van der Waals surface area contributed by atoms with Gasteiger partial charge in [-0.05, 0) is 26.7 Å². The number of carbonyl (C=O) groups excluding carboxylic acids is 1. The van der Waals surface area contributed by atoms with Crippen LogP contribution in [0.3, 0.4) is 0 Å². The Bertz CT molecular complexity index is 283. The van der Waals surface area contributed by atoms with Gasteiger partial charge in [0.05, 0.1) is 18.2 Å². The first-order valence-corrected chi connectivity index (χ1v) is 6.28. The number of aliphatic hydroxyl groups excluding tert-OH is 1. The number of ether oxygens (including phenoxy) is 1. The molecule has 1 saturated heterocycles. The van der Waals surface area contributed by atoms with E-state index in [9.17, 15) is 9.90 Å². The molecule has 0 spiro atoms. The number of amides is 1. The molecule has 0 bridgehead atoms. The molecule has 3 atom stereocenters. The van der Waals surface area contributed by atoms with Gasteiger partial charge in [0.2, 0.25) is 7.85 Å². The van der Waals surface area contributed by atoms with Gasteiger partial charge in [-0.25, -0.2) is 0 Å². The summed E-state index contributed by atoms with van der Waals surface area (Å²) < 4.78 is 5.86. The Balaban J connectivity index is 2.85. The quantitative estimate of drug-likeness (QED) is 0.759. The van der Waals surface area contributed by atoms with E-state index in [1.807, 2.05) is 27.7 Å². The zero-order chi connectivity index (χ0) is 13.2. The Morgan fingerprint density at radius 1 is 1.53 bits per heavy atom. The van der Waals surface area contributed by atoms with E-state index in [0.29, 0.717) is 12.8 Å². The van der Waals surface area contributed by atoms with Crippen LogP contribution in [0.2, 0.25) is 0 Å². The Labute approximate surface area is 105 Å². The second-order valence-electron chi connectivity index (χ2n) is 5.08. The van der Waals surface area contributed by atoms with Crippen LogP contribution < -0.4 is 0 Å². The van der Waals surface area contributed by atoms with E-state index in [1.165, 1.54) is 0 Å². The van der Waals surface area contributed by atoms with Crippen LogP contribution in [0.1, 0.15) is 47.0 Å². The van der Waals surface area contributed by atoms with E-state index >= 15 is 0 Å². The topological polar surface area (TPSA) is 49.8 Å². The molecule has 1 aliphatic heterocycles. The maximum absolute atomic E-state index is 11.5. The molecule has 5 heteroatoms. The maximum atomic E-state index is 11.5. The van der Waals surface area contributed by atoms with Gasteiger partial charge in [-0.15, -0.1) is 0 Å². The summed E-state index contributed by atoms with van der Waals surface area (Å²) in [6.07, 6.45) is 1.47. The largest absolute Gasteiger partial charge is 0.393 e. The summed E-state index contributed by atoms with van der Waals surface area (Å²) in [7, 11) is 5.41. The average Bonchev–Trinajstić information content (AvgIpc) is 2.48. The van der Waals surface area contributed by atoms with Crippen molar-refractivity contribution in [1.29, 1.82) is 0 Å². The Morgan fingerprint density at radius 3 is 2.53 bits per heavy atom. The van der Waals surface area contributed by atoms with E-state index < -0.39 is 17.6 Å². The lowest BCUT2D eigenvalue weighted by atomic mass is 9.97. The Morgan fingerprint density at radius 2 is 2.12 bits per heavy atom. The van der Waals surface area contributed by atoms with Crippen molar-refractivity contribution in [2.24, 2.45) is 0 Å². The van der Waals surface area contributed by atoms with Crippen LogP contribution >= 0.6 is 0 Å². The summed E-state index contributed by atoms with van der Waals surface area (Å²) in [5, 5.41) is 9.71. The highest BCUT2D eigenvalue weighted by molar-refractivity contribution is 6.57. The molecule has 0 aromatic carbocycles. The number of nitrogens with zero attached hydrogens (tertiary/aromatic N) is 1. The van der Waals surface area contributed by atoms with E-state index in [4.69, 9.17) is 12.6 Å². The van der Waals surface area contributed by atoms with Crippen LogP contribution in [0.25, 0.3) is 0 Å². The molecule has 1 N–H and O–H groups in total. The van der Waals surface area contributed by atoms with Crippen molar-refractivity contribution >= 4 is 13.7 Å². The van der Waals surface area contributed by atoms with Crippen molar-refractivity contribution in [3.63, 3.8) is 0 Å². The maximum Gasteiger partial charge on any atom is 0.200 e. The van der Waals surface area contributed by atoms with Crippen molar-refractivity contribution < 1.29 is 14.6 Å². The van der Waals surface area contributed by atoms with Gasteiger partial charge in [0.1, 0.15) is 5.72 Å². The highest BCUT2D eigenvalue weighted by atomic mass is 16.5. The van der Waals surface area contributed by atoms with Crippen LogP contribution in [0, 0.1) is 0 Å². The Kier molecular flexibility index (Phi) is 4.61. The molecule has 0 saturated carbocycles. The minimum atomic E-state index is -0.690. The number of rotatable bonds is 4. The second kappa shape index (κ2) is 5.40. The van der Waals surface area contributed by atoms with E-state index in [1.54, 1.807) is 4.90 Å². The van der Waals surface area contributed by atoms with Crippen molar-refractivity contribution in [2.75, 3.05) is 0 Å². The van der Waals surface area contributed by atoms with Gasteiger partial charge < -0.3 is 14.7 Å². The molecule has 0 aliphatic carbocycles. The van der Waals surface area contributed by atoms with Crippen molar-refractivity contribution in [3.05, 3.63) is 0 Å². The van der Waals surface area contributed by atoms with Crippen molar-refractivity contribution in [1.82, 2.24) is 4.90 Å². The first-order valence-electron chi connectivity index (χ1n) is 6.28. The molecular formula is C12H22BNO3. The van der Waals surface area contributed by atoms with E-state index in [2.05, 4.69) is 0 Å². The normalized spacial score (nSPS) is 29.4. The highest BCUT2D eigenvalue weighted by Gasteiger charge is 2.47. The molecule has 1 aliphatic rings. The van der Waals surface area contributed by atoms with Gasteiger partial charge in [-0.3, -0.25) is 4.79 Å². The fourth-order valence-electron chi connectivity index (χ4n) is 2.59. The molecule has 17 heavy (non-hydrogen) atoms. The third-order valence-corrected chi connectivity index (χ3v) is 3.41. The van der Waals surface area contributed by atoms with Crippen molar-refractivity contribution in [2.45, 2.75) is 70.9 Å². The van der Waals surface area contributed by atoms with Crippen LogP contribution in [-0.2, 0) is 4.74 Å². The fourth-order valence-corrected chi connectivity index (χ4v) is 2.59. The summed E-state index contributed by atoms with van der Waals surface area (Å²) >= 11 is 0. The lowest BCUT2D eigenvalue weighted by Gasteiger charge is -2.33. The summed E-state index contributed by atoms with van der Waals surface area (Å²) in [5.41, 5.74) is -0.690. The van der Waals surface area contributed by atoms with Gasteiger partial charge >= 0.3 is 0 Å². The van der Waals surface area contributed by atoms with Crippen LogP contribution in [-0.4, -0.2) is 47.6 Å². The number of hydrogen-bond donors (Lipinski definition) is 1. The monoisotopic (exact) mass is 239 g/mol. The highest BCUT2D eigenvalue weighted by Crippen LogP contribution is 2.35. The SMILES string of the molecule is [B]C(=O)N1[C@@H](CC)[C@@H](CC(O)CC)OC1(C)C. The van der Waals surface area contributed by atoms with Crippen LogP contribution in [0.5, 0.6) is 0 Å². The summed E-state index contributed by atoms with van der Waals surface area (Å²) in [5.74, 6) is -0.463. The number of aliphatic hydroxyl groups is 1. The lowest BCUT2D eigenvalue weighted by Crippen LogP contribution is -2.47. The van der Waals surface area contributed by atoms with Crippen molar-refractivity contribution in [3.8, 4) is 0 Å². The van der Waals surface area contributed by atoms with Gasteiger partial charge in [-0.2, -0.15) is 0 Å². The zero-order valence-electron chi connectivity index (χ0n) is 11.1. The van der Waals surface area contributed by atoms with Gasteiger partial charge in [0.25, 0.3) is 0 Å². The molecule has 0 aromatic rings. The molecule has 1 heterocycles. The molecule has 1 fully saturated rings. The van der Waals surface area contributed by atoms with E-state index in [-0.39, 0.29) is 12.1 Å². The molecule has 96 valence electrons. The summed E-state index contributed by atoms with van der Waals surface area (Å²) in [6, 6.07) is -0.0521. The predicted molar refractivity (Wildman–Crippen MR) is 66.9 cm³/mol. The molecule has 0 aromatic heterocycles. The lowest BCUT2D eigenvalue weighted by molar-refractivity contribution is -0.0682. The number of hydrogen-bond acceptors (Lipinski definition) is 3. The third kappa shape index (κ3) is 3.02. The molecule has 1 amide bonds. The minimum absolute atomic E-state index is 0.0521. The molecule has 1 unspecified atom stereocenters. The smallest absolute Gasteiger partial charge is 0.200 e. The van der Waals surface area contributed by atoms with Gasteiger partial charge in [-0.1, -0.05) is 13.8 Å².